The molecule has 1 aromatic rings. The zero-order valence-corrected chi connectivity index (χ0v) is 10.5. The van der Waals surface area contributed by atoms with E-state index < -0.39 is 11.8 Å². The second kappa shape index (κ2) is 7.45. The minimum absolute atomic E-state index is 0.326. The normalized spacial score (nSPS) is 9.89. The predicted molar refractivity (Wildman–Crippen MR) is 69.5 cm³/mol. The molecule has 0 aromatic heterocycles. The van der Waals surface area contributed by atoms with Gasteiger partial charge in [-0.25, -0.2) is 0 Å². The van der Waals surface area contributed by atoms with E-state index in [-0.39, 0.29) is 0 Å². The largest absolute Gasteiger partial charge is 0.348 e. The number of rotatable bonds is 5. The highest BCUT2D eigenvalue weighted by Crippen LogP contribution is 2.03. The van der Waals surface area contributed by atoms with Gasteiger partial charge in [0.25, 0.3) is 0 Å². The monoisotopic (exact) mass is 249 g/mol. The number of nitrogens with one attached hydrogen (secondary N) is 2. The highest BCUT2D eigenvalue weighted by Gasteiger charge is 2.11. The van der Waals surface area contributed by atoms with Crippen molar-refractivity contribution in [2.45, 2.75) is 26.4 Å². The quantitative estimate of drug-likeness (QED) is 0.656. The van der Waals surface area contributed by atoms with Crippen molar-refractivity contribution < 1.29 is 9.59 Å². The number of amides is 2. The van der Waals surface area contributed by atoms with Gasteiger partial charge in [-0.15, -0.1) is 0 Å². The summed E-state index contributed by atoms with van der Waals surface area (Å²) in [5.74, 6) is -1.20. The Labute approximate surface area is 107 Å². The number of nitrogens with two attached hydrogens (primary N) is 1. The number of hydrogen-bond donors (Lipinski definition) is 3. The summed E-state index contributed by atoms with van der Waals surface area (Å²) in [7, 11) is 0. The number of benzene rings is 1. The predicted octanol–water partition coefficient (Wildman–Crippen LogP) is 0.288. The molecule has 0 fully saturated rings. The van der Waals surface area contributed by atoms with Crippen LogP contribution >= 0.6 is 0 Å². The van der Waals surface area contributed by atoms with Crippen LogP contribution in [0.25, 0.3) is 0 Å². The molecular weight excluding hydrogens is 230 g/mol. The lowest BCUT2D eigenvalue weighted by molar-refractivity contribution is -0.139. The minimum atomic E-state index is -0.610. The van der Waals surface area contributed by atoms with E-state index in [4.69, 9.17) is 5.73 Å². The average molecular weight is 249 g/mol. The van der Waals surface area contributed by atoms with Crippen molar-refractivity contribution in [3.63, 3.8) is 0 Å². The molecule has 18 heavy (non-hydrogen) atoms. The molecule has 1 aromatic carbocycles. The lowest BCUT2D eigenvalue weighted by atomic mass is 10.1. The third-order valence-electron chi connectivity index (χ3n) is 2.42. The van der Waals surface area contributed by atoms with Gasteiger partial charge >= 0.3 is 11.8 Å². The van der Waals surface area contributed by atoms with Crippen LogP contribution in [0.15, 0.2) is 24.3 Å². The molecule has 98 valence electrons. The van der Waals surface area contributed by atoms with Crippen molar-refractivity contribution in [1.29, 1.82) is 0 Å². The summed E-state index contributed by atoms with van der Waals surface area (Å²) < 4.78 is 0. The van der Waals surface area contributed by atoms with Gasteiger partial charge in [-0.2, -0.15) is 0 Å². The summed E-state index contributed by atoms with van der Waals surface area (Å²) in [6.45, 7) is 3.22. The maximum Gasteiger partial charge on any atom is 0.309 e. The molecule has 0 spiro atoms. The second-order valence-corrected chi connectivity index (χ2v) is 3.96. The van der Waals surface area contributed by atoms with E-state index in [1.807, 2.05) is 31.2 Å². The van der Waals surface area contributed by atoms with E-state index in [0.717, 1.165) is 17.5 Å². The SMILES string of the molecule is CCCNC(=O)C(=O)NCc1cccc(CN)c1. The Bertz CT molecular complexity index is 418. The van der Waals surface area contributed by atoms with Gasteiger partial charge in [0.05, 0.1) is 0 Å². The first-order valence-corrected chi connectivity index (χ1v) is 6.01. The first kappa shape index (κ1) is 14.2. The van der Waals surface area contributed by atoms with Crippen molar-refractivity contribution in [1.82, 2.24) is 10.6 Å². The van der Waals surface area contributed by atoms with E-state index >= 15 is 0 Å². The molecule has 4 N–H and O–H groups in total. The van der Waals surface area contributed by atoms with Gasteiger partial charge in [0.15, 0.2) is 0 Å². The molecule has 0 heterocycles. The third-order valence-corrected chi connectivity index (χ3v) is 2.42. The van der Waals surface area contributed by atoms with Crippen molar-refractivity contribution in [2.24, 2.45) is 5.73 Å². The highest BCUT2D eigenvalue weighted by atomic mass is 16.2. The molecule has 0 aliphatic heterocycles. The number of hydrogen-bond acceptors (Lipinski definition) is 3. The second-order valence-electron chi connectivity index (χ2n) is 3.96. The zero-order valence-electron chi connectivity index (χ0n) is 10.5. The van der Waals surface area contributed by atoms with Crippen LogP contribution in [0.2, 0.25) is 0 Å². The Morgan fingerprint density at radius 2 is 1.83 bits per heavy atom. The van der Waals surface area contributed by atoms with Gasteiger partial charge in [-0.1, -0.05) is 31.2 Å². The first-order chi connectivity index (χ1) is 8.67. The maximum atomic E-state index is 11.4. The van der Waals surface area contributed by atoms with Gasteiger partial charge in [0.2, 0.25) is 0 Å². The molecule has 0 radical (unpaired) electrons. The summed E-state index contributed by atoms with van der Waals surface area (Å²) in [6, 6.07) is 7.58. The minimum Gasteiger partial charge on any atom is -0.348 e. The highest BCUT2D eigenvalue weighted by molar-refractivity contribution is 6.35. The number of carbonyl (C=O) groups excluding carboxylic acids is 2. The molecule has 0 aliphatic rings. The summed E-state index contributed by atoms with van der Waals surface area (Å²) >= 11 is 0. The van der Waals surface area contributed by atoms with Gasteiger partial charge in [0.1, 0.15) is 0 Å². The molecule has 0 aliphatic carbocycles. The Hall–Kier alpha value is -1.88. The topological polar surface area (TPSA) is 84.2 Å². The summed E-state index contributed by atoms with van der Waals surface area (Å²) in [6.07, 6.45) is 0.803. The lowest BCUT2D eigenvalue weighted by Gasteiger charge is -2.06. The van der Waals surface area contributed by atoms with Crippen LogP contribution in [0.5, 0.6) is 0 Å². The average Bonchev–Trinajstić information content (AvgIpc) is 2.42. The molecule has 5 heteroatoms. The van der Waals surface area contributed by atoms with E-state index in [9.17, 15) is 9.59 Å². The van der Waals surface area contributed by atoms with Crippen molar-refractivity contribution in [2.75, 3.05) is 6.54 Å². The molecule has 0 saturated carbocycles. The fourth-order valence-corrected chi connectivity index (χ4v) is 1.45. The zero-order chi connectivity index (χ0) is 13.4. The molecule has 5 nitrogen and oxygen atoms in total. The van der Waals surface area contributed by atoms with Gasteiger partial charge in [-0.3, -0.25) is 9.59 Å². The van der Waals surface area contributed by atoms with Crippen LogP contribution in [-0.2, 0) is 22.7 Å². The van der Waals surface area contributed by atoms with Gasteiger partial charge < -0.3 is 16.4 Å². The molecule has 0 bridgehead atoms. The van der Waals surface area contributed by atoms with E-state index in [0.29, 0.717) is 19.6 Å². The molecule has 0 saturated heterocycles. The van der Waals surface area contributed by atoms with Crippen molar-refractivity contribution >= 4 is 11.8 Å². The standard InChI is InChI=1S/C13H19N3O2/c1-2-6-15-12(17)13(18)16-9-11-5-3-4-10(7-11)8-14/h3-5,7H,2,6,8-9,14H2,1H3,(H,15,17)(H,16,18). The molecule has 2 amide bonds. The fraction of sp³-hybridized carbons (Fsp3) is 0.385. The molecular formula is C13H19N3O2. The number of carbonyl (C=O) groups is 2. The molecule has 0 unspecified atom stereocenters. The Balaban J connectivity index is 2.44. The Morgan fingerprint density at radius 3 is 2.50 bits per heavy atom. The maximum absolute atomic E-state index is 11.4. The summed E-state index contributed by atoms with van der Waals surface area (Å²) in [5.41, 5.74) is 7.45. The van der Waals surface area contributed by atoms with Crippen LogP contribution in [0.3, 0.4) is 0 Å². The Kier molecular flexibility index (Phi) is 5.87. The van der Waals surface area contributed by atoms with Crippen molar-refractivity contribution in [3.8, 4) is 0 Å². The van der Waals surface area contributed by atoms with E-state index in [1.54, 1.807) is 0 Å². The van der Waals surface area contributed by atoms with E-state index in [2.05, 4.69) is 10.6 Å². The first-order valence-electron chi connectivity index (χ1n) is 6.01. The van der Waals surface area contributed by atoms with Crippen LogP contribution in [-0.4, -0.2) is 18.4 Å². The molecule has 1 rings (SSSR count). The van der Waals surface area contributed by atoms with Crippen molar-refractivity contribution in [3.05, 3.63) is 35.4 Å². The van der Waals surface area contributed by atoms with Crippen LogP contribution in [0.1, 0.15) is 24.5 Å². The van der Waals surface area contributed by atoms with Crippen LogP contribution < -0.4 is 16.4 Å². The smallest absolute Gasteiger partial charge is 0.309 e. The fourth-order valence-electron chi connectivity index (χ4n) is 1.45. The van der Waals surface area contributed by atoms with Crippen LogP contribution in [0.4, 0.5) is 0 Å². The lowest BCUT2D eigenvalue weighted by Crippen LogP contribution is -2.39. The Morgan fingerprint density at radius 1 is 1.17 bits per heavy atom. The van der Waals surface area contributed by atoms with Gasteiger partial charge in [0, 0.05) is 19.6 Å². The van der Waals surface area contributed by atoms with Crippen LogP contribution in [0, 0.1) is 0 Å². The molecule has 0 atom stereocenters. The van der Waals surface area contributed by atoms with E-state index in [1.165, 1.54) is 0 Å². The summed E-state index contributed by atoms with van der Waals surface area (Å²) in [4.78, 5) is 22.7. The third kappa shape index (κ3) is 4.55. The van der Waals surface area contributed by atoms with Gasteiger partial charge in [-0.05, 0) is 17.5 Å². The summed E-state index contributed by atoms with van der Waals surface area (Å²) in [5, 5.41) is 5.09.